The summed E-state index contributed by atoms with van der Waals surface area (Å²) in [6, 6.07) is 0.719. The Balaban J connectivity index is 1.99. The highest BCUT2D eigenvalue weighted by atomic mass is 15.2. The van der Waals surface area contributed by atoms with E-state index >= 15 is 0 Å². The fourth-order valence-corrected chi connectivity index (χ4v) is 2.57. The quantitative estimate of drug-likeness (QED) is 0.604. The van der Waals surface area contributed by atoms with E-state index in [0.717, 1.165) is 6.04 Å². The molecule has 1 aliphatic rings. The highest BCUT2D eigenvalue weighted by Gasteiger charge is 2.14. The van der Waals surface area contributed by atoms with Crippen LogP contribution in [-0.4, -0.2) is 62.2 Å². The van der Waals surface area contributed by atoms with Gasteiger partial charge in [0.15, 0.2) is 0 Å². The molecule has 1 saturated heterocycles. The lowest BCUT2D eigenvalue weighted by molar-refractivity contribution is 0.205. The van der Waals surface area contributed by atoms with Crippen LogP contribution in [0.1, 0.15) is 46.0 Å². The normalized spacial score (nSPS) is 18.7. The van der Waals surface area contributed by atoms with Crippen LogP contribution < -0.4 is 5.32 Å². The van der Waals surface area contributed by atoms with E-state index in [0.29, 0.717) is 0 Å². The lowest BCUT2D eigenvalue weighted by Crippen LogP contribution is -2.36. The molecule has 0 saturated carbocycles. The van der Waals surface area contributed by atoms with Crippen molar-refractivity contribution in [3.8, 4) is 0 Å². The minimum absolute atomic E-state index is 0.719. The zero-order valence-corrected chi connectivity index (χ0v) is 12.7. The maximum absolute atomic E-state index is 3.48. The summed E-state index contributed by atoms with van der Waals surface area (Å²) in [6.07, 6.45) is 6.67. The van der Waals surface area contributed by atoms with E-state index in [2.05, 4.69) is 36.0 Å². The van der Waals surface area contributed by atoms with Crippen LogP contribution in [0.3, 0.4) is 0 Å². The van der Waals surface area contributed by atoms with Crippen molar-refractivity contribution in [3.63, 3.8) is 0 Å². The van der Waals surface area contributed by atoms with Crippen LogP contribution in [0.4, 0.5) is 0 Å². The second-order valence-corrected chi connectivity index (χ2v) is 5.77. The molecule has 1 N–H and O–H groups in total. The van der Waals surface area contributed by atoms with Crippen molar-refractivity contribution in [2.45, 2.75) is 52.0 Å². The number of nitrogens with one attached hydrogen (secondary N) is 1. The van der Waals surface area contributed by atoms with Gasteiger partial charge in [0.25, 0.3) is 0 Å². The number of hydrogen-bond acceptors (Lipinski definition) is 3. The summed E-state index contributed by atoms with van der Waals surface area (Å²) in [5.41, 5.74) is 0. The van der Waals surface area contributed by atoms with Crippen LogP contribution >= 0.6 is 0 Å². The molecule has 1 atom stereocenters. The molecule has 0 aliphatic carbocycles. The lowest BCUT2D eigenvalue weighted by atomic mass is 10.1. The fourth-order valence-electron chi connectivity index (χ4n) is 2.57. The van der Waals surface area contributed by atoms with Crippen LogP contribution in [0.2, 0.25) is 0 Å². The van der Waals surface area contributed by atoms with Gasteiger partial charge in [0, 0.05) is 19.1 Å². The molecule has 1 unspecified atom stereocenters. The maximum atomic E-state index is 3.48. The third kappa shape index (κ3) is 6.72. The van der Waals surface area contributed by atoms with E-state index in [1.807, 2.05) is 0 Å². The summed E-state index contributed by atoms with van der Waals surface area (Å²) in [6.45, 7) is 12.1. The molecule has 3 nitrogen and oxygen atoms in total. The van der Waals surface area contributed by atoms with Gasteiger partial charge < -0.3 is 15.1 Å². The molecule has 0 aromatic heterocycles. The van der Waals surface area contributed by atoms with Gasteiger partial charge in [-0.2, -0.15) is 0 Å². The van der Waals surface area contributed by atoms with E-state index in [4.69, 9.17) is 0 Å². The first kappa shape index (κ1) is 15.9. The van der Waals surface area contributed by atoms with Crippen molar-refractivity contribution in [1.82, 2.24) is 15.1 Å². The summed E-state index contributed by atoms with van der Waals surface area (Å²) in [5, 5.41) is 3.48. The van der Waals surface area contributed by atoms with Crippen molar-refractivity contribution in [1.29, 1.82) is 0 Å². The average molecular weight is 255 g/mol. The van der Waals surface area contributed by atoms with Crippen LogP contribution in [0.15, 0.2) is 0 Å². The predicted octanol–water partition coefficient (Wildman–Crippen LogP) is 2.18. The largest absolute Gasteiger partial charge is 0.317 e. The van der Waals surface area contributed by atoms with Gasteiger partial charge in [-0.1, -0.05) is 6.92 Å². The molecule has 1 aliphatic heterocycles. The number of nitrogens with zero attached hydrogens (tertiary/aromatic N) is 2. The minimum Gasteiger partial charge on any atom is -0.317 e. The highest BCUT2D eigenvalue weighted by molar-refractivity contribution is 4.70. The Morgan fingerprint density at radius 3 is 2.61 bits per heavy atom. The molecule has 0 spiro atoms. The molecule has 0 aromatic rings. The zero-order valence-electron chi connectivity index (χ0n) is 12.7. The Bertz CT molecular complexity index is 190. The zero-order chi connectivity index (χ0) is 13.2. The number of likely N-dealkylation sites (tertiary alicyclic amines) is 1. The SMILES string of the molecule is CCCNCCCC(C)N(C)CCN1CCCC1. The van der Waals surface area contributed by atoms with Gasteiger partial charge in [0.05, 0.1) is 0 Å². The molecule has 1 rings (SSSR count). The van der Waals surface area contributed by atoms with Gasteiger partial charge in [-0.3, -0.25) is 0 Å². The van der Waals surface area contributed by atoms with Crippen molar-refractivity contribution in [2.24, 2.45) is 0 Å². The smallest absolute Gasteiger partial charge is 0.0109 e. The summed E-state index contributed by atoms with van der Waals surface area (Å²) < 4.78 is 0. The third-order valence-corrected chi connectivity index (χ3v) is 4.12. The monoisotopic (exact) mass is 255 g/mol. The molecule has 0 radical (unpaired) electrons. The molecule has 0 amide bonds. The van der Waals surface area contributed by atoms with E-state index in [-0.39, 0.29) is 0 Å². The predicted molar refractivity (Wildman–Crippen MR) is 80.2 cm³/mol. The van der Waals surface area contributed by atoms with E-state index in [9.17, 15) is 0 Å². The summed E-state index contributed by atoms with van der Waals surface area (Å²) in [7, 11) is 2.28. The Morgan fingerprint density at radius 2 is 1.94 bits per heavy atom. The lowest BCUT2D eigenvalue weighted by Gasteiger charge is -2.27. The van der Waals surface area contributed by atoms with Crippen LogP contribution in [0, 0.1) is 0 Å². The third-order valence-electron chi connectivity index (χ3n) is 4.12. The first-order chi connectivity index (χ1) is 8.74. The van der Waals surface area contributed by atoms with Crippen molar-refractivity contribution >= 4 is 0 Å². The molecule has 0 bridgehead atoms. The summed E-state index contributed by atoms with van der Waals surface area (Å²) in [5.74, 6) is 0. The summed E-state index contributed by atoms with van der Waals surface area (Å²) in [4.78, 5) is 5.13. The first-order valence-corrected chi connectivity index (χ1v) is 7.87. The molecular formula is C15H33N3. The topological polar surface area (TPSA) is 18.5 Å². The van der Waals surface area contributed by atoms with E-state index in [1.54, 1.807) is 0 Å². The van der Waals surface area contributed by atoms with Crippen molar-refractivity contribution < 1.29 is 0 Å². The first-order valence-electron chi connectivity index (χ1n) is 7.87. The van der Waals surface area contributed by atoms with Gasteiger partial charge in [0.2, 0.25) is 0 Å². The van der Waals surface area contributed by atoms with Crippen molar-refractivity contribution in [3.05, 3.63) is 0 Å². The standard InChI is InChI=1S/C15H33N3/c1-4-9-16-10-7-8-15(2)17(3)13-14-18-11-5-6-12-18/h15-16H,4-14H2,1-3H3. The fraction of sp³-hybridized carbons (Fsp3) is 1.00. The van der Waals surface area contributed by atoms with Gasteiger partial charge in [-0.25, -0.2) is 0 Å². The summed E-state index contributed by atoms with van der Waals surface area (Å²) >= 11 is 0. The Hall–Kier alpha value is -0.120. The van der Waals surface area contributed by atoms with Crippen LogP contribution in [0.5, 0.6) is 0 Å². The average Bonchev–Trinajstić information content (AvgIpc) is 2.88. The van der Waals surface area contributed by atoms with Gasteiger partial charge in [-0.15, -0.1) is 0 Å². The van der Waals surface area contributed by atoms with Crippen LogP contribution in [-0.2, 0) is 0 Å². The Labute approximate surface area is 114 Å². The molecule has 18 heavy (non-hydrogen) atoms. The molecule has 3 heteroatoms. The van der Waals surface area contributed by atoms with Crippen LogP contribution in [0.25, 0.3) is 0 Å². The maximum Gasteiger partial charge on any atom is 0.0109 e. The molecule has 1 heterocycles. The number of hydrogen-bond donors (Lipinski definition) is 1. The van der Waals surface area contributed by atoms with E-state index < -0.39 is 0 Å². The Kier molecular flexibility index (Phi) is 8.64. The van der Waals surface area contributed by atoms with Gasteiger partial charge >= 0.3 is 0 Å². The molecular weight excluding hydrogens is 222 g/mol. The van der Waals surface area contributed by atoms with E-state index in [1.165, 1.54) is 71.4 Å². The molecule has 0 aromatic carbocycles. The van der Waals surface area contributed by atoms with Crippen molar-refractivity contribution in [2.75, 3.05) is 46.3 Å². The Morgan fingerprint density at radius 1 is 1.22 bits per heavy atom. The second-order valence-electron chi connectivity index (χ2n) is 5.77. The second kappa shape index (κ2) is 9.76. The highest BCUT2D eigenvalue weighted by Crippen LogP contribution is 2.08. The van der Waals surface area contributed by atoms with Gasteiger partial charge in [0.1, 0.15) is 0 Å². The minimum atomic E-state index is 0.719. The number of rotatable bonds is 10. The molecule has 1 fully saturated rings. The molecule has 108 valence electrons. The number of likely N-dealkylation sites (N-methyl/N-ethyl adjacent to an activating group) is 1. The van der Waals surface area contributed by atoms with Gasteiger partial charge in [-0.05, 0) is 72.3 Å².